The zero-order valence-corrected chi connectivity index (χ0v) is 14.4. The van der Waals surface area contributed by atoms with E-state index < -0.39 is 0 Å². The number of para-hydroxylation sites is 2. The molecule has 0 aliphatic carbocycles. The van der Waals surface area contributed by atoms with Gasteiger partial charge in [0.15, 0.2) is 5.58 Å². The van der Waals surface area contributed by atoms with Crippen molar-refractivity contribution in [1.82, 2.24) is 14.4 Å². The number of oxazole rings is 1. The first kappa shape index (κ1) is 16.3. The number of likely N-dealkylation sites (tertiary alicyclic amines) is 1. The molecule has 1 aliphatic rings. The third-order valence-corrected chi connectivity index (χ3v) is 5.27. The molecule has 0 radical (unpaired) electrons. The van der Waals surface area contributed by atoms with Crippen LogP contribution in [-0.2, 0) is 6.54 Å². The lowest BCUT2D eigenvalue weighted by Gasteiger charge is -2.40. The molecule has 5 nitrogen and oxygen atoms in total. The Bertz CT molecular complexity index is 706. The van der Waals surface area contributed by atoms with Gasteiger partial charge >= 0.3 is 5.76 Å². The number of hydrogen-bond donors (Lipinski definition) is 0. The maximum absolute atomic E-state index is 12.0. The predicted octanol–water partition coefficient (Wildman–Crippen LogP) is 2.40. The predicted molar refractivity (Wildman–Crippen MR) is 92.8 cm³/mol. The lowest BCUT2D eigenvalue weighted by atomic mass is 9.97. The summed E-state index contributed by atoms with van der Waals surface area (Å²) in [6.07, 6.45) is 2.40. The number of nitrogens with zero attached hydrogens (tertiary/aromatic N) is 3. The fourth-order valence-corrected chi connectivity index (χ4v) is 3.73. The number of piperidine rings is 1. The largest absolute Gasteiger partial charge is 0.419 e. The maximum Gasteiger partial charge on any atom is 0.419 e. The highest BCUT2D eigenvalue weighted by Crippen LogP contribution is 2.21. The molecule has 2 aromatic rings. The lowest BCUT2D eigenvalue weighted by molar-refractivity contribution is 0.0879. The minimum Gasteiger partial charge on any atom is -0.408 e. The highest BCUT2D eigenvalue weighted by molar-refractivity contribution is 5.72. The highest BCUT2D eigenvalue weighted by atomic mass is 16.4. The van der Waals surface area contributed by atoms with Crippen LogP contribution >= 0.6 is 0 Å². The van der Waals surface area contributed by atoms with E-state index in [1.807, 2.05) is 24.3 Å². The van der Waals surface area contributed by atoms with Crippen LogP contribution in [-0.4, -0.2) is 53.1 Å². The van der Waals surface area contributed by atoms with Gasteiger partial charge in [-0.15, -0.1) is 0 Å². The monoisotopic (exact) mass is 317 g/mol. The summed E-state index contributed by atoms with van der Waals surface area (Å²) in [6.45, 7) is 8.39. The molecule has 1 fully saturated rings. The van der Waals surface area contributed by atoms with E-state index in [1.54, 1.807) is 4.57 Å². The third-order valence-electron chi connectivity index (χ3n) is 5.27. The van der Waals surface area contributed by atoms with Crippen LogP contribution in [0.1, 0.15) is 26.7 Å². The molecule has 2 atom stereocenters. The second kappa shape index (κ2) is 6.89. The number of aromatic nitrogens is 1. The van der Waals surface area contributed by atoms with E-state index in [4.69, 9.17) is 4.42 Å². The molecule has 1 saturated heterocycles. The topological polar surface area (TPSA) is 41.6 Å². The van der Waals surface area contributed by atoms with Gasteiger partial charge in [-0.25, -0.2) is 4.79 Å². The molecule has 1 aromatic carbocycles. The van der Waals surface area contributed by atoms with Crippen LogP contribution in [0.4, 0.5) is 0 Å². The Kier molecular flexibility index (Phi) is 4.87. The van der Waals surface area contributed by atoms with E-state index in [0.717, 1.165) is 18.6 Å². The van der Waals surface area contributed by atoms with Crippen molar-refractivity contribution in [1.29, 1.82) is 0 Å². The lowest BCUT2D eigenvalue weighted by Crippen LogP contribution is -2.48. The summed E-state index contributed by atoms with van der Waals surface area (Å²) < 4.78 is 7.05. The first-order valence-electron chi connectivity index (χ1n) is 8.62. The van der Waals surface area contributed by atoms with Crippen molar-refractivity contribution < 1.29 is 4.42 Å². The van der Waals surface area contributed by atoms with Gasteiger partial charge in [0, 0.05) is 25.2 Å². The maximum atomic E-state index is 12.0. The Balaban J connectivity index is 1.64. The van der Waals surface area contributed by atoms with Crippen molar-refractivity contribution in [2.45, 2.75) is 45.3 Å². The van der Waals surface area contributed by atoms with Gasteiger partial charge in [-0.1, -0.05) is 19.1 Å². The molecule has 0 amide bonds. The van der Waals surface area contributed by atoms with Gasteiger partial charge in [-0.05, 0) is 52.0 Å². The van der Waals surface area contributed by atoms with Crippen LogP contribution in [0.15, 0.2) is 33.5 Å². The molecular weight excluding hydrogens is 290 g/mol. The summed E-state index contributed by atoms with van der Waals surface area (Å²) in [6, 6.07) is 8.87. The fraction of sp³-hybridized carbons (Fsp3) is 0.611. The first-order chi connectivity index (χ1) is 11.1. The van der Waals surface area contributed by atoms with Crippen molar-refractivity contribution in [3.05, 3.63) is 34.8 Å². The number of rotatable bonds is 5. The molecule has 2 heterocycles. The van der Waals surface area contributed by atoms with Crippen LogP contribution in [0.25, 0.3) is 11.1 Å². The van der Waals surface area contributed by atoms with Gasteiger partial charge in [-0.3, -0.25) is 4.57 Å². The van der Waals surface area contributed by atoms with Gasteiger partial charge in [0.2, 0.25) is 0 Å². The van der Waals surface area contributed by atoms with Gasteiger partial charge in [-0.2, -0.15) is 0 Å². The highest BCUT2D eigenvalue weighted by Gasteiger charge is 2.26. The second-order valence-corrected chi connectivity index (χ2v) is 6.62. The Hall–Kier alpha value is -1.59. The molecule has 0 spiro atoms. The Morgan fingerprint density at radius 3 is 2.87 bits per heavy atom. The molecule has 0 saturated carbocycles. The van der Waals surface area contributed by atoms with E-state index in [1.165, 1.54) is 19.4 Å². The van der Waals surface area contributed by atoms with Crippen LogP contribution in [0.2, 0.25) is 0 Å². The van der Waals surface area contributed by atoms with Crippen molar-refractivity contribution in [3.63, 3.8) is 0 Å². The summed E-state index contributed by atoms with van der Waals surface area (Å²) in [4.78, 5) is 17.0. The molecule has 0 unspecified atom stereocenters. The SMILES string of the molecule is CCN1CC[C@@H](N(C)CCn2c(=O)oc3ccccc32)C[C@H]1C. The summed E-state index contributed by atoms with van der Waals surface area (Å²) in [7, 11) is 2.17. The molecular formula is C18H27N3O2. The molecule has 126 valence electrons. The van der Waals surface area contributed by atoms with Crippen molar-refractivity contribution >= 4 is 11.1 Å². The first-order valence-corrected chi connectivity index (χ1v) is 8.62. The van der Waals surface area contributed by atoms with Gasteiger partial charge < -0.3 is 14.2 Å². The van der Waals surface area contributed by atoms with E-state index >= 15 is 0 Å². The molecule has 3 rings (SSSR count). The Labute approximate surface area is 137 Å². The smallest absolute Gasteiger partial charge is 0.408 e. The Morgan fingerprint density at radius 2 is 2.13 bits per heavy atom. The third kappa shape index (κ3) is 3.35. The quantitative estimate of drug-likeness (QED) is 0.849. The van der Waals surface area contributed by atoms with E-state index in [9.17, 15) is 4.79 Å². The van der Waals surface area contributed by atoms with Crippen molar-refractivity contribution in [3.8, 4) is 0 Å². The summed E-state index contributed by atoms with van der Waals surface area (Å²) >= 11 is 0. The van der Waals surface area contributed by atoms with Crippen molar-refractivity contribution in [2.24, 2.45) is 0 Å². The number of hydrogen-bond acceptors (Lipinski definition) is 4. The molecule has 23 heavy (non-hydrogen) atoms. The van der Waals surface area contributed by atoms with Crippen LogP contribution in [0.3, 0.4) is 0 Å². The Morgan fingerprint density at radius 1 is 1.35 bits per heavy atom. The minimum absolute atomic E-state index is 0.256. The second-order valence-electron chi connectivity index (χ2n) is 6.62. The standard InChI is InChI=1S/C18H27N3O2/c1-4-20-10-9-15(13-14(20)2)19(3)11-12-21-16-7-5-6-8-17(16)23-18(21)22/h5-8,14-15H,4,9-13H2,1-3H3/t14-,15-/m1/s1. The normalized spacial score (nSPS) is 23.0. The average Bonchev–Trinajstić information content (AvgIpc) is 2.87. The summed E-state index contributed by atoms with van der Waals surface area (Å²) in [5.41, 5.74) is 1.56. The van der Waals surface area contributed by atoms with E-state index in [-0.39, 0.29) is 5.76 Å². The van der Waals surface area contributed by atoms with E-state index in [0.29, 0.717) is 24.2 Å². The van der Waals surface area contributed by atoms with Gasteiger partial charge in [0.05, 0.1) is 5.52 Å². The summed E-state index contributed by atoms with van der Waals surface area (Å²) in [5.74, 6) is -0.256. The summed E-state index contributed by atoms with van der Waals surface area (Å²) in [5, 5.41) is 0. The number of benzene rings is 1. The average molecular weight is 317 g/mol. The molecule has 0 bridgehead atoms. The fourth-order valence-electron chi connectivity index (χ4n) is 3.73. The molecule has 0 N–H and O–H groups in total. The van der Waals surface area contributed by atoms with Gasteiger partial charge in [0.25, 0.3) is 0 Å². The number of likely N-dealkylation sites (N-methyl/N-ethyl adjacent to an activating group) is 1. The molecule has 1 aromatic heterocycles. The molecule has 5 heteroatoms. The minimum atomic E-state index is -0.256. The zero-order chi connectivity index (χ0) is 16.4. The van der Waals surface area contributed by atoms with Crippen LogP contribution in [0.5, 0.6) is 0 Å². The van der Waals surface area contributed by atoms with Crippen LogP contribution < -0.4 is 5.76 Å². The van der Waals surface area contributed by atoms with Gasteiger partial charge in [0.1, 0.15) is 0 Å². The number of fused-ring (bicyclic) bond motifs is 1. The zero-order valence-electron chi connectivity index (χ0n) is 14.4. The van der Waals surface area contributed by atoms with E-state index in [2.05, 4.69) is 30.7 Å². The molecule has 1 aliphatic heterocycles. The van der Waals surface area contributed by atoms with Crippen LogP contribution in [0, 0.1) is 0 Å². The van der Waals surface area contributed by atoms with Crippen molar-refractivity contribution in [2.75, 3.05) is 26.7 Å².